The Kier molecular flexibility index (Phi) is 5.94. The van der Waals surface area contributed by atoms with Crippen LogP contribution in [0, 0.1) is 0 Å². The minimum atomic E-state index is -2.82. The smallest absolute Gasteiger partial charge is 0.387 e. The number of hydrogen-bond donors (Lipinski definition) is 1. The molecule has 1 amide bonds. The average molecular weight is 314 g/mol. The second-order valence-corrected chi connectivity index (χ2v) is 5.16. The number of anilines is 1. The van der Waals surface area contributed by atoms with Crippen molar-refractivity contribution in [1.29, 1.82) is 0 Å². The van der Waals surface area contributed by atoms with Crippen LogP contribution in [0.15, 0.2) is 24.3 Å². The van der Waals surface area contributed by atoms with E-state index in [4.69, 9.17) is 4.74 Å². The fraction of sp³-hybridized carbons (Fsp3) is 0.533. The molecule has 1 heterocycles. The van der Waals surface area contributed by atoms with E-state index in [0.29, 0.717) is 6.54 Å². The third-order valence-electron chi connectivity index (χ3n) is 3.49. The van der Waals surface area contributed by atoms with Gasteiger partial charge in [-0.1, -0.05) is 0 Å². The Labute approximate surface area is 128 Å². The Morgan fingerprint density at radius 2 is 2.14 bits per heavy atom. The zero-order chi connectivity index (χ0) is 15.9. The van der Waals surface area contributed by atoms with E-state index in [1.807, 2.05) is 0 Å². The molecule has 0 unspecified atom stereocenters. The second-order valence-electron chi connectivity index (χ2n) is 5.16. The molecule has 1 N–H and O–H groups in total. The maximum atomic E-state index is 12.1. The first-order valence-corrected chi connectivity index (χ1v) is 7.16. The zero-order valence-electron chi connectivity index (χ0n) is 12.4. The average Bonchev–Trinajstić information content (AvgIpc) is 2.48. The van der Waals surface area contributed by atoms with Crippen LogP contribution in [0.4, 0.5) is 14.5 Å². The van der Waals surface area contributed by atoms with Gasteiger partial charge in [0.25, 0.3) is 0 Å². The van der Waals surface area contributed by atoms with Gasteiger partial charge in [-0.25, -0.2) is 0 Å². The maximum Gasteiger partial charge on any atom is 0.387 e. The van der Waals surface area contributed by atoms with E-state index in [1.165, 1.54) is 19.2 Å². The number of carbonyl (C=O) groups excluding carboxylic acids is 1. The largest absolute Gasteiger partial charge is 0.435 e. The van der Waals surface area contributed by atoms with E-state index in [2.05, 4.69) is 15.0 Å². The van der Waals surface area contributed by atoms with Gasteiger partial charge in [0.1, 0.15) is 12.4 Å². The number of piperidine rings is 1. The van der Waals surface area contributed by atoms with Crippen molar-refractivity contribution >= 4 is 11.6 Å². The lowest BCUT2D eigenvalue weighted by Crippen LogP contribution is -2.48. The summed E-state index contributed by atoms with van der Waals surface area (Å²) in [4.78, 5) is 13.7. The van der Waals surface area contributed by atoms with Crippen LogP contribution >= 0.6 is 0 Å². The number of methoxy groups -OCH3 is 1. The van der Waals surface area contributed by atoms with Gasteiger partial charge < -0.3 is 19.7 Å². The number of benzene rings is 1. The molecule has 0 bridgehead atoms. The summed E-state index contributed by atoms with van der Waals surface area (Å²) in [6.07, 6.45) is 1.87. The summed E-state index contributed by atoms with van der Waals surface area (Å²) < 4.78 is 33.4. The molecule has 122 valence electrons. The van der Waals surface area contributed by atoms with Crippen molar-refractivity contribution in [2.24, 2.45) is 0 Å². The van der Waals surface area contributed by atoms with Crippen LogP contribution in [0.1, 0.15) is 12.8 Å². The Hall–Kier alpha value is -1.89. The van der Waals surface area contributed by atoms with Gasteiger partial charge in [0.2, 0.25) is 5.91 Å². The Bertz CT molecular complexity index is 482. The van der Waals surface area contributed by atoms with Gasteiger partial charge in [-0.3, -0.25) is 4.79 Å². The van der Waals surface area contributed by atoms with Crippen molar-refractivity contribution < 1.29 is 23.0 Å². The van der Waals surface area contributed by atoms with Gasteiger partial charge in [-0.2, -0.15) is 8.78 Å². The minimum absolute atomic E-state index is 0.0518. The first kappa shape index (κ1) is 16.5. The molecule has 1 aliphatic rings. The molecule has 0 radical (unpaired) electrons. The molecule has 1 fully saturated rings. The zero-order valence-corrected chi connectivity index (χ0v) is 12.4. The number of hydrogen-bond acceptors (Lipinski definition) is 4. The van der Waals surface area contributed by atoms with Gasteiger partial charge in [0.05, 0.1) is 0 Å². The monoisotopic (exact) mass is 314 g/mol. The van der Waals surface area contributed by atoms with Crippen molar-refractivity contribution in [3.8, 4) is 5.75 Å². The lowest BCUT2D eigenvalue weighted by Gasteiger charge is -2.34. The molecule has 1 saturated heterocycles. The molecule has 0 spiro atoms. The van der Waals surface area contributed by atoms with Crippen molar-refractivity contribution in [3.05, 3.63) is 24.3 Å². The highest BCUT2D eigenvalue weighted by Crippen LogP contribution is 2.23. The number of nitrogens with one attached hydrogen (secondary N) is 1. The fourth-order valence-electron chi connectivity index (χ4n) is 2.57. The lowest BCUT2D eigenvalue weighted by atomic mass is 10.0. The summed E-state index contributed by atoms with van der Waals surface area (Å²) in [5.74, 6) is 0.00994. The van der Waals surface area contributed by atoms with E-state index in [-0.39, 0.29) is 24.3 Å². The number of ether oxygens (including phenoxy) is 2. The maximum absolute atomic E-state index is 12.1. The van der Waals surface area contributed by atoms with Gasteiger partial charge in [-0.05, 0) is 37.1 Å². The van der Waals surface area contributed by atoms with E-state index >= 15 is 0 Å². The first-order chi connectivity index (χ1) is 10.6. The lowest BCUT2D eigenvalue weighted by molar-refractivity contribution is -0.125. The highest BCUT2D eigenvalue weighted by molar-refractivity contribution is 5.77. The van der Waals surface area contributed by atoms with E-state index in [1.54, 1.807) is 12.1 Å². The third-order valence-corrected chi connectivity index (χ3v) is 3.49. The van der Waals surface area contributed by atoms with Crippen molar-refractivity contribution in [2.45, 2.75) is 25.5 Å². The highest BCUT2D eigenvalue weighted by atomic mass is 19.3. The van der Waals surface area contributed by atoms with Crippen LogP contribution in [0.25, 0.3) is 0 Å². The summed E-state index contributed by atoms with van der Waals surface area (Å²) in [5, 5.41) is 2.93. The summed E-state index contributed by atoms with van der Waals surface area (Å²) >= 11 is 0. The summed E-state index contributed by atoms with van der Waals surface area (Å²) in [6, 6.07) is 6.60. The standard InChI is InChI=1S/C15H20F2N2O3/c1-21-10-14(20)18-11-3-2-8-19(9-11)12-4-6-13(7-5-12)22-15(16)17/h4-7,11,15H,2-3,8-10H2,1H3,(H,18,20)/t11-/m0/s1. The number of alkyl halides is 2. The van der Waals surface area contributed by atoms with Crippen LogP contribution in [0.2, 0.25) is 0 Å². The van der Waals surface area contributed by atoms with Gasteiger partial charge in [-0.15, -0.1) is 0 Å². The molecule has 1 atom stereocenters. The minimum Gasteiger partial charge on any atom is -0.435 e. The highest BCUT2D eigenvalue weighted by Gasteiger charge is 2.21. The van der Waals surface area contributed by atoms with Crippen LogP contribution in [0.5, 0.6) is 5.75 Å². The predicted octanol–water partition coefficient (Wildman–Crippen LogP) is 2.02. The van der Waals surface area contributed by atoms with Crippen molar-refractivity contribution in [1.82, 2.24) is 5.32 Å². The number of carbonyl (C=O) groups is 1. The van der Waals surface area contributed by atoms with Crippen molar-refractivity contribution in [3.63, 3.8) is 0 Å². The molecular weight excluding hydrogens is 294 g/mol. The fourth-order valence-corrected chi connectivity index (χ4v) is 2.57. The number of halogens is 2. The quantitative estimate of drug-likeness (QED) is 0.873. The molecule has 0 aromatic heterocycles. The summed E-state index contributed by atoms with van der Waals surface area (Å²) in [7, 11) is 1.48. The Morgan fingerprint density at radius 3 is 2.77 bits per heavy atom. The van der Waals surface area contributed by atoms with Gasteiger partial charge in [0.15, 0.2) is 0 Å². The van der Waals surface area contributed by atoms with E-state index in [0.717, 1.165) is 25.1 Å². The molecular formula is C15H20F2N2O3. The molecule has 1 aromatic carbocycles. The number of amides is 1. The molecule has 1 aliphatic heterocycles. The third kappa shape index (κ3) is 4.84. The Balaban J connectivity index is 1.92. The van der Waals surface area contributed by atoms with Crippen LogP contribution in [0.3, 0.4) is 0 Å². The SMILES string of the molecule is COCC(=O)N[C@H]1CCCN(c2ccc(OC(F)F)cc2)C1. The normalized spacial score (nSPS) is 18.4. The van der Waals surface area contributed by atoms with Crippen molar-refractivity contribution in [2.75, 3.05) is 31.7 Å². The van der Waals surface area contributed by atoms with Gasteiger partial charge in [0, 0.05) is 31.9 Å². The Morgan fingerprint density at radius 1 is 1.41 bits per heavy atom. The topological polar surface area (TPSA) is 50.8 Å². The number of nitrogens with zero attached hydrogens (tertiary/aromatic N) is 1. The summed E-state index contributed by atoms with van der Waals surface area (Å²) in [5.41, 5.74) is 0.923. The molecule has 0 saturated carbocycles. The predicted molar refractivity (Wildman–Crippen MR) is 78.3 cm³/mol. The van der Waals surface area contributed by atoms with E-state index < -0.39 is 6.61 Å². The molecule has 22 heavy (non-hydrogen) atoms. The van der Waals surface area contributed by atoms with Crippen LogP contribution < -0.4 is 15.0 Å². The van der Waals surface area contributed by atoms with Crippen LogP contribution in [-0.2, 0) is 9.53 Å². The molecule has 5 nitrogen and oxygen atoms in total. The van der Waals surface area contributed by atoms with Gasteiger partial charge >= 0.3 is 6.61 Å². The summed E-state index contributed by atoms with van der Waals surface area (Å²) in [6.45, 7) is -1.21. The molecule has 0 aliphatic carbocycles. The number of rotatable bonds is 6. The molecule has 7 heteroatoms. The van der Waals surface area contributed by atoms with Crippen LogP contribution in [-0.4, -0.2) is 45.4 Å². The molecule has 2 rings (SSSR count). The first-order valence-electron chi connectivity index (χ1n) is 7.16. The molecule has 1 aromatic rings. The van der Waals surface area contributed by atoms with E-state index in [9.17, 15) is 13.6 Å². The second kappa shape index (κ2) is 7.93.